The average Bonchev–Trinajstić information content (AvgIpc) is 2.67. The van der Waals surface area contributed by atoms with Crippen molar-refractivity contribution in [3.8, 4) is 0 Å². The number of carbonyl (C=O) groups is 3. The van der Waals surface area contributed by atoms with Crippen LogP contribution in [-0.2, 0) is 20.7 Å². The van der Waals surface area contributed by atoms with Gasteiger partial charge in [0.15, 0.2) is 12.4 Å². The number of hydrogen-bond donors (Lipinski definition) is 1. The van der Waals surface area contributed by atoms with Crippen LogP contribution in [-0.4, -0.2) is 24.3 Å². The van der Waals surface area contributed by atoms with Crippen molar-refractivity contribution in [3.05, 3.63) is 64.2 Å². The number of hydrogen-bond acceptors (Lipinski definition) is 4. The molecule has 0 aliphatic heterocycles. The van der Waals surface area contributed by atoms with E-state index < -0.39 is 18.5 Å². The van der Waals surface area contributed by atoms with Crippen LogP contribution in [0, 0.1) is 6.92 Å². The van der Waals surface area contributed by atoms with Gasteiger partial charge in [-0.05, 0) is 36.6 Å². The zero-order valence-corrected chi connectivity index (χ0v) is 16.8. The molecule has 0 aromatic heterocycles. The normalized spacial score (nSPS) is 10.4. The molecule has 2 rings (SSSR count). The molecule has 2 aromatic carbocycles. The van der Waals surface area contributed by atoms with Crippen LogP contribution in [0.2, 0.25) is 5.02 Å². The third-order valence-electron chi connectivity index (χ3n) is 4.13. The molecule has 0 saturated heterocycles. The van der Waals surface area contributed by atoms with E-state index in [1.54, 1.807) is 24.3 Å². The van der Waals surface area contributed by atoms with Gasteiger partial charge in [0.05, 0.1) is 17.1 Å². The quantitative estimate of drug-likeness (QED) is 0.486. The molecule has 6 heteroatoms. The highest BCUT2D eigenvalue weighted by Gasteiger charge is 2.13. The fourth-order valence-electron chi connectivity index (χ4n) is 2.63. The molecule has 0 aliphatic rings. The largest absolute Gasteiger partial charge is 0.456 e. The number of amides is 1. The predicted molar refractivity (Wildman–Crippen MR) is 110 cm³/mol. The number of Topliss-reactive ketones (excluding diaryl/α,β-unsaturated/α-hetero) is 1. The van der Waals surface area contributed by atoms with Gasteiger partial charge < -0.3 is 10.1 Å². The zero-order chi connectivity index (χ0) is 20.5. The summed E-state index contributed by atoms with van der Waals surface area (Å²) >= 11 is 6.05. The summed E-state index contributed by atoms with van der Waals surface area (Å²) in [5.74, 6) is -1.21. The zero-order valence-electron chi connectivity index (χ0n) is 16.1. The van der Waals surface area contributed by atoms with Gasteiger partial charge in [0.25, 0.3) is 5.91 Å². The fourth-order valence-corrected chi connectivity index (χ4v) is 2.91. The Kier molecular flexibility index (Phi) is 8.20. The first kappa shape index (κ1) is 21.6. The molecular weight excluding hydrogens is 378 g/mol. The topological polar surface area (TPSA) is 72.5 Å². The van der Waals surface area contributed by atoms with E-state index in [9.17, 15) is 14.4 Å². The van der Waals surface area contributed by atoms with Crippen molar-refractivity contribution in [2.45, 2.75) is 39.5 Å². The van der Waals surface area contributed by atoms with E-state index in [4.69, 9.17) is 16.3 Å². The molecule has 1 amide bonds. The summed E-state index contributed by atoms with van der Waals surface area (Å²) in [6, 6.07) is 12.6. The lowest BCUT2D eigenvalue weighted by atomic mass is 10.0. The minimum atomic E-state index is -0.596. The van der Waals surface area contributed by atoms with Gasteiger partial charge in [0.2, 0.25) is 0 Å². The van der Waals surface area contributed by atoms with Crippen LogP contribution in [0.3, 0.4) is 0 Å². The van der Waals surface area contributed by atoms with Gasteiger partial charge in [0.1, 0.15) is 0 Å². The van der Waals surface area contributed by atoms with E-state index in [0.717, 1.165) is 18.4 Å². The second-order valence-electron chi connectivity index (χ2n) is 6.56. The molecule has 0 spiro atoms. The Morgan fingerprint density at radius 2 is 1.75 bits per heavy atom. The van der Waals surface area contributed by atoms with Crippen LogP contribution < -0.4 is 5.32 Å². The van der Waals surface area contributed by atoms with Gasteiger partial charge in [-0.2, -0.15) is 0 Å². The van der Waals surface area contributed by atoms with Crippen molar-refractivity contribution in [2.24, 2.45) is 0 Å². The molecule has 0 saturated carbocycles. The molecular formula is C22H24ClNO4. The first-order chi connectivity index (χ1) is 13.4. The molecule has 0 bridgehead atoms. The van der Waals surface area contributed by atoms with Gasteiger partial charge in [-0.25, -0.2) is 0 Å². The van der Waals surface area contributed by atoms with Crippen molar-refractivity contribution in [1.82, 2.24) is 0 Å². The van der Waals surface area contributed by atoms with Crippen molar-refractivity contribution >= 4 is 34.9 Å². The molecule has 0 radical (unpaired) electrons. The Labute approximate surface area is 170 Å². The van der Waals surface area contributed by atoms with Crippen LogP contribution >= 0.6 is 11.6 Å². The summed E-state index contributed by atoms with van der Waals surface area (Å²) in [7, 11) is 0. The Bertz CT molecular complexity index is 846. The van der Waals surface area contributed by atoms with Crippen LogP contribution in [0.25, 0.3) is 0 Å². The fraction of sp³-hybridized carbons (Fsp3) is 0.318. The predicted octanol–water partition coefficient (Wildman–Crippen LogP) is 4.75. The molecule has 2 aromatic rings. The van der Waals surface area contributed by atoms with Crippen LogP contribution in [0.4, 0.5) is 5.69 Å². The third-order valence-corrected chi connectivity index (χ3v) is 4.45. The van der Waals surface area contributed by atoms with Crippen LogP contribution in [0.15, 0.2) is 42.5 Å². The standard InChI is InChI=1S/C22H24ClNO4/c1-3-4-16-6-8-17(9-7-16)20(25)11-12-22(27)28-14-21(26)24-19-10-5-15(2)13-18(19)23/h5-10,13H,3-4,11-12,14H2,1-2H3,(H,24,26). The molecule has 5 nitrogen and oxygen atoms in total. The van der Waals surface area contributed by atoms with Crippen molar-refractivity contribution in [1.29, 1.82) is 0 Å². The number of benzene rings is 2. The molecule has 0 aliphatic carbocycles. The summed E-state index contributed by atoms with van der Waals surface area (Å²) in [6.45, 7) is 3.56. The summed E-state index contributed by atoms with van der Waals surface area (Å²) < 4.78 is 4.93. The Hall–Kier alpha value is -2.66. The Balaban J connectivity index is 1.74. The van der Waals surface area contributed by atoms with Crippen LogP contribution in [0.5, 0.6) is 0 Å². The number of esters is 1. The summed E-state index contributed by atoms with van der Waals surface area (Å²) in [5, 5.41) is 3.00. The number of anilines is 1. The number of halogens is 1. The number of carbonyl (C=O) groups excluding carboxylic acids is 3. The highest BCUT2D eigenvalue weighted by Crippen LogP contribution is 2.22. The van der Waals surface area contributed by atoms with Gasteiger partial charge in [-0.3, -0.25) is 14.4 Å². The smallest absolute Gasteiger partial charge is 0.306 e. The van der Waals surface area contributed by atoms with Crippen molar-refractivity contribution < 1.29 is 19.1 Å². The highest BCUT2D eigenvalue weighted by atomic mass is 35.5. The summed E-state index contributed by atoms with van der Waals surface area (Å²) in [6.07, 6.45) is 1.98. The maximum Gasteiger partial charge on any atom is 0.306 e. The molecule has 0 fully saturated rings. The highest BCUT2D eigenvalue weighted by molar-refractivity contribution is 6.33. The van der Waals surface area contributed by atoms with Gasteiger partial charge in [0, 0.05) is 12.0 Å². The van der Waals surface area contributed by atoms with Gasteiger partial charge in [-0.1, -0.05) is 55.3 Å². The van der Waals surface area contributed by atoms with E-state index in [-0.39, 0.29) is 18.6 Å². The minimum Gasteiger partial charge on any atom is -0.456 e. The third kappa shape index (κ3) is 6.82. The first-order valence-electron chi connectivity index (χ1n) is 9.22. The molecule has 1 N–H and O–H groups in total. The van der Waals surface area contributed by atoms with E-state index >= 15 is 0 Å². The second kappa shape index (κ2) is 10.6. The van der Waals surface area contributed by atoms with Crippen molar-refractivity contribution in [2.75, 3.05) is 11.9 Å². The SMILES string of the molecule is CCCc1ccc(C(=O)CCC(=O)OCC(=O)Nc2ccc(C)cc2Cl)cc1. The molecule has 0 heterocycles. The lowest BCUT2D eigenvalue weighted by Crippen LogP contribution is -2.21. The Morgan fingerprint density at radius 3 is 2.39 bits per heavy atom. The number of ketones is 1. The van der Waals surface area contributed by atoms with Crippen molar-refractivity contribution in [3.63, 3.8) is 0 Å². The minimum absolute atomic E-state index is 0.0391. The van der Waals surface area contributed by atoms with E-state index in [2.05, 4.69) is 12.2 Å². The first-order valence-corrected chi connectivity index (χ1v) is 9.60. The lowest BCUT2D eigenvalue weighted by molar-refractivity contribution is -0.147. The second-order valence-corrected chi connectivity index (χ2v) is 6.97. The number of ether oxygens (including phenoxy) is 1. The monoisotopic (exact) mass is 401 g/mol. The molecule has 0 unspecified atom stereocenters. The average molecular weight is 402 g/mol. The molecule has 0 atom stereocenters. The van der Waals surface area contributed by atoms with Gasteiger partial charge in [-0.15, -0.1) is 0 Å². The number of nitrogens with one attached hydrogen (secondary N) is 1. The number of rotatable bonds is 9. The van der Waals surface area contributed by atoms with E-state index in [0.29, 0.717) is 16.3 Å². The van der Waals surface area contributed by atoms with E-state index in [1.807, 2.05) is 25.1 Å². The Morgan fingerprint density at radius 1 is 1.04 bits per heavy atom. The van der Waals surface area contributed by atoms with E-state index in [1.165, 1.54) is 5.56 Å². The lowest BCUT2D eigenvalue weighted by Gasteiger charge is -2.08. The molecule has 28 heavy (non-hydrogen) atoms. The summed E-state index contributed by atoms with van der Waals surface area (Å²) in [4.78, 5) is 35.9. The maximum absolute atomic E-state index is 12.2. The summed E-state index contributed by atoms with van der Waals surface area (Å²) in [5.41, 5.74) is 3.17. The maximum atomic E-state index is 12.2. The van der Waals surface area contributed by atoms with Crippen LogP contribution in [0.1, 0.15) is 47.7 Å². The van der Waals surface area contributed by atoms with Gasteiger partial charge >= 0.3 is 5.97 Å². The molecule has 148 valence electrons. The number of aryl methyl sites for hydroxylation is 2.